The molecule has 2 heterocycles. The Balaban J connectivity index is 1.94. The van der Waals surface area contributed by atoms with Gasteiger partial charge in [0.25, 0.3) is 5.91 Å². The molecule has 0 aromatic carbocycles. The molecule has 0 spiro atoms. The first-order valence-corrected chi connectivity index (χ1v) is 5.68. The van der Waals surface area contributed by atoms with Gasteiger partial charge < -0.3 is 10.0 Å². The number of rotatable bonds is 4. The fourth-order valence-corrected chi connectivity index (χ4v) is 1.83. The Labute approximate surface area is 98.6 Å². The summed E-state index contributed by atoms with van der Waals surface area (Å²) in [7, 11) is 0. The number of aliphatic carboxylic acids is 1. The van der Waals surface area contributed by atoms with Gasteiger partial charge in [0, 0.05) is 18.8 Å². The van der Waals surface area contributed by atoms with Gasteiger partial charge in [-0.15, -0.1) is 0 Å². The molecule has 1 aromatic rings. The SMILES string of the molecule is CCCc1cc(C(=O)N2CC(C(=O)O)C2)n[nH]1. The van der Waals surface area contributed by atoms with Crippen LogP contribution in [0.5, 0.6) is 0 Å². The van der Waals surface area contributed by atoms with Crippen LogP contribution >= 0.6 is 0 Å². The Morgan fingerprint density at radius 2 is 2.29 bits per heavy atom. The summed E-state index contributed by atoms with van der Waals surface area (Å²) >= 11 is 0. The smallest absolute Gasteiger partial charge is 0.310 e. The molecule has 2 N–H and O–H groups in total. The number of H-pyrrole nitrogens is 1. The molecule has 6 nitrogen and oxygen atoms in total. The summed E-state index contributed by atoms with van der Waals surface area (Å²) in [6.45, 7) is 2.61. The van der Waals surface area contributed by atoms with E-state index in [0.29, 0.717) is 5.69 Å². The summed E-state index contributed by atoms with van der Waals surface area (Å²) in [5.74, 6) is -1.46. The van der Waals surface area contributed by atoms with Gasteiger partial charge in [0.2, 0.25) is 0 Å². The fourth-order valence-electron chi connectivity index (χ4n) is 1.83. The Morgan fingerprint density at radius 1 is 1.59 bits per heavy atom. The number of aryl methyl sites for hydroxylation is 1. The Morgan fingerprint density at radius 3 is 2.88 bits per heavy atom. The molecule has 17 heavy (non-hydrogen) atoms. The standard InChI is InChI=1S/C11H15N3O3/c1-2-3-8-4-9(13-12-8)10(15)14-5-7(6-14)11(16)17/h4,7H,2-3,5-6H2,1H3,(H,12,13)(H,16,17). The number of carbonyl (C=O) groups excluding carboxylic acids is 1. The Bertz CT molecular complexity index is 435. The van der Waals surface area contributed by atoms with Crippen molar-refractivity contribution < 1.29 is 14.7 Å². The van der Waals surface area contributed by atoms with Gasteiger partial charge in [0.05, 0.1) is 5.92 Å². The second-order valence-electron chi connectivity index (χ2n) is 4.27. The third-order valence-electron chi connectivity index (χ3n) is 2.89. The normalized spacial score (nSPS) is 15.7. The fraction of sp³-hybridized carbons (Fsp3) is 0.545. The molecule has 1 aromatic heterocycles. The van der Waals surface area contributed by atoms with Gasteiger partial charge in [-0.2, -0.15) is 5.10 Å². The average molecular weight is 237 g/mol. The number of carboxylic acid groups (broad SMARTS) is 1. The highest BCUT2D eigenvalue weighted by Gasteiger charge is 2.36. The third-order valence-corrected chi connectivity index (χ3v) is 2.89. The first kappa shape index (κ1) is 11.6. The summed E-state index contributed by atoms with van der Waals surface area (Å²) in [6, 6.07) is 1.74. The first-order chi connectivity index (χ1) is 8.11. The van der Waals surface area contributed by atoms with Crippen molar-refractivity contribution in [3.05, 3.63) is 17.5 Å². The summed E-state index contributed by atoms with van der Waals surface area (Å²) < 4.78 is 0. The lowest BCUT2D eigenvalue weighted by atomic mass is 10.00. The number of likely N-dealkylation sites (tertiary alicyclic amines) is 1. The average Bonchev–Trinajstić information content (AvgIpc) is 2.63. The topological polar surface area (TPSA) is 86.3 Å². The first-order valence-electron chi connectivity index (χ1n) is 5.68. The van der Waals surface area contributed by atoms with Crippen LogP contribution in [0.25, 0.3) is 0 Å². The molecular formula is C11H15N3O3. The van der Waals surface area contributed by atoms with E-state index in [1.807, 2.05) is 0 Å². The largest absolute Gasteiger partial charge is 0.481 e. The molecule has 1 fully saturated rings. The van der Waals surface area contributed by atoms with Crippen LogP contribution in [0.2, 0.25) is 0 Å². The highest BCUT2D eigenvalue weighted by atomic mass is 16.4. The zero-order valence-corrected chi connectivity index (χ0v) is 9.64. The third kappa shape index (κ3) is 2.30. The van der Waals surface area contributed by atoms with Gasteiger partial charge in [0.15, 0.2) is 0 Å². The van der Waals surface area contributed by atoms with Gasteiger partial charge in [-0.25, -0.2) is 0 Å². The van der Waals surface area contributed by atoms with Gasteiger partial charge in [0.1, 0.15) is 5.69 Å². The maximum Gasteiger partial charge on any atom is 0.310 e. The number of nitrogens with zero attached hydrogens (tertiary/aromatic N) is 2. The summed E-state index contributed by atoms with van der Waals surface area (Å²) in [5, 5.41) is 15.5. The number of carbonyl (C=O) groups is 2. The van der Waals surface area contributed by atoms with E-state index in [2.05, 4.69) is 17.1 Å². The zero-order valence-electron chi connectivity index (χ0n) is 9.64. The maximum atomic E-state index is 11.9. The Kier molecular flexibility index (Phi) is 3.12. The number of nitrogens with one attached hydrogen (secondary N) is 1. The van der Waals surface area contributed by atoms with Crippen LogP contribution in [0.3, 0.4) is 0 Å². The van der Waals surface area contributed by atoms with Crippen molar-refractivity contribution in [1.82, 2.24) is 15.1 Å². The van der Waals surface area contributed by atoms with Crippen molar-refractivity contribution in [3.63, 3.8) is 0 Å². The van der Waals surface area contributed by atoms with E-state index >= 15 is 0 Å². The molecule has 1 amide bonds. The minimum absolute atomic E-state index is 0.193. The monoisotopic (exact) mass is 237 g/mol. The molecule has 0 saturated carbocycles. The van der Waals surface area contributed by atoms with Crippen molar-refractivity contribution in [1.29, 1.82) is 0 Å². The van der Waals surface area contributed by atoms with Gasteiger partial charge in [-0.3, -0.25) is 14.7 Å². The van der Waals surface area contributed by atoms with Crippen LogP contribution in [-0.4, -0.2) is 45.2 Å². The molecule has 1 saturated heterocycles. The van der Waals surface area contributed by atoms with Crippen molar-refractivity contribution in [2.75, 3.05) is 13.1 Å². The molecule has 0 aliphatic carbocycles. The van der Waals surface area contributed by atoms with Gasteiger partial charge in [-0.05, 0) is 12.5 Å². The number of amides is 1. The van der Waals surface area contributed by atoms with E-state index in [4.69, 9.17) is 5.11 Å². The van der Waals surface area contributed by atoms with Gasteiger partial charge in [-0.1, -0.05) is 13.3 Å². The molecule has 0 bridgehead atoms. The molecule has 0 atom stereocenters. The molecule has 0 radical (unpaired) electrons. The van der Waals surface area contributed by atoms with E-state index in [1.54, 1.807) is 6.07 Å². The molecule has 1 aliphatic heterocycles. The minimum Gasteiger partial charge on any atom is -0.481 e. The maximum absolute atomic E-state index is 11.9. The van der Waals surface area contributed by atoms with Gasteiger partial charge >= 0.3 is 5.97 Å². The van der Waals surface area contributed by atoms with E-state index in [1.165, 1.54) is 4.90 Å². The van der Waals surface area contributed by atoms with Crippen LogP contribution in [0.15, 0.2) is 6.07 Å². The highest BCUT2D eigenvalue weighted by molar-refractivity contribution is 5.94. The lowest BCUT2D eigenvalue weighted by molar-refractivity contribution is -0.146. The quantitative estimate of drug-likeness (QED) is 0.799. The van der Waals surface area contributed by atoms with Crippen LogP contribution in [0.4, 0.5) is 0 Å². The second-order valence-corrected chi connectivity index (χ2v) is 4.27. The van der Waals surface area contributed by atoms with Crippen molar-refractivity contribution >= 4 is 11.9 Å². The minimum atomic E-state index is -0.845. The van der Waals surface area contributed by atoms with Crippen LogP contribution in [0.1, 0.15) is 29.5 Å². The second kappa shape index (κ2) is 4.57. The summed E-state index contributed by atoms with van der Waals surface area (Å²) in [6.07, 6.45) is 1.85. The van der Waals surface area contributed by atoms with Crippen molar-refractivity contribution in [2.45, 2.75) is 19.8 Å². The summed E-state index contributed by atoms with van der Waals surface area (Å²) in [5.41, 5.74) is 1.31. The van der Waals surface area contributed by atoms with E-state index < -0.39 is 11.9 Å². The predicted octanol–water partition coefficient (Wildman–Crippen LogP) is 0.519. The van der Waals surface area contributed by atoms with Crippen LogP contribution in [0, 0.1) is 5.92 Å². The number of hydrogen-bond acceptors (Lipinski definition) is 3. The number of carboxylic acids is 1. The van der Waals surface area contributed by atoms with E-state index in [0.717, 1.165) is 18.5 Å². The molecule has 1 aliphatic rings. The van der Waals surface area contributed by atoms with Crippen molar-refractivity contribution in [2.24, 2.45) is 5.92 Å². The number of aromatic amines is 1. The molecule has 92 valence electrons. The van der Waals surface area contributed by atoms with Crippen LogP contribution < -0.4 is 0 Å². The lowest BCUT2D eigenvalue weighted by Crippen LogP contribution is -2.53. The number of aromatic nitrogens is 2. The molecule has 2 rings (SSSR count). The van der Waals surface area contributed by atoms with Crippen molar-refractivity contribution in [3.8, 4) is 0 Å². The summed E-state index contributed by atoms with van der Waals surface area (Å²) in [4.78, 5) is 24.0. The number of hydrogen-bond donors (Lipinski definition) is 2. The van der Waals surface area contributed by atoms with E-state index in [9.17, 15) is 9.59 Å². The van der Waals surface area contributed by atoms with Crippen LogP contribution in [-0.2, 0) is 11.2 Å². The highest BCUT2D eigenvalue weighted by Crippen LogP contribution is 2.18. The molecule has 6 heteroatoms. The predicted molar refractivity (Wildman–Crippen MR) is 59.6 cm³/mol. The Hall–Kier alpha value is -1.85. The lowest BCUT2D eigenvalue weighted by Gasteiger charge is -2.36. The van der Waals surface area contributed by atoms with E-state index in [-0.39, 0.29) is 19.0 Å². The molecule has 0 unspecified atom stereocenters. The molecular weight excluding hydrogens is 222 g/mol. The zero-order chi connectivity index (χ0) is 12.4.